The maximum absolute atomic E-state index is 0. The van der Waals surface area contributed by atoms with Crippen LogP contribution in [-0.2, 0) is 0 Å². The van der Waals surface area contributed by atoms with Crippen LogP contribution in [0.25, 0.3) is 0 Å². The first-order valence-electron chi connectivity index (χ1n) is 0. The molecule has 0 aromatic heterocycles. The van der Waals surface area contributed by atoms with E-state index in [2.05, 4.69) is 0 Å². The molecule has 0 aromatic rings. The zero-order valence-corrected chi connectivity index (χ0v) is 7.42. The molecule has 24 valence electrons. The molecule has 4 heavy (non-hydrogen) atoms. The zero-order valence-electron chi connectivity index (χ0n) is 1.46. The number of hydrogen-bond acceptors (Lipinski definition) is 0. The van der Waals surface area contributed by atoms with Gasteiger partial charge in [-0.2, -0.15) is 0 Å². The molecule has 0 fully saturated rings. The topological polar surface area (TPSA) is 0 Å². The van der Waals surface area contributed by atoms with E-state index in [0.29, 0.717) is 0 Å². The van der Waals surface area contributed by atoms with Crippen molar-refractivity contribution in [2.24, 2.45) is 0 Å². The minimum Gasteiger partial charge on any atom is -1.00 e. The van der Waals surface area contributed by atoms with E-state index in [-0.39, 0.29) is 84.7 Å². The Hall–Kier alpha value is 2.37. The van der Waals surface area contributed by atoms with Crippen molar-refractivity contribution in [2.75, 3.05) is 0 Å². The van der Waals surface area contributed by atoms with Crippen LogP contribution in [0.15, 0.2) is 0 Å². The van der Waals surface area contributed by atoms with E-state index in [1.54, 1.807) is 0 Å². The molecule has 0 heterocycles. The largest absolute Gasteiger partial charge is 2.00 e. The third kappa shape index (κ3) is 8.84. The van der Waals surface area contributed by atoms with Crippen molar-refractivity contribution in [1.82, 2.24) is 0 Å². The zero-order chi connectivity index (χ0) is 0. The van der Waals surface area contributed by atoms with Gasteiger partial charge in [0.15, 0.2) is 0 Å². The Bertz CT molecular complexity index is 6.00. The fraction of sp³-hybridized carbons (Fsp3) is 0. The third-order valence-corrected chi connectivity index (χ3v) is 0. The summed E-state index contributed by atoms with van der Waals surface area (Å²) in [4.78, 5) is 0. The minimum absolute atomic E-state index is 0. The number of halogens is 2. The minimum atomic E-state index is 0. The Morgan fingerprint density at radius 1 is 0.750 bits per heavy atom. The van der Waals surface area contributed by atoms with Gasteiger partial charge in [-0.25, -0.2) is 0 Å². The van der Waals surface area contributed by atoms with Crippen molar-refractivity contribution in [3.8, 4) is 0 Å². The Morgan fingerprint density at radius 3 is 0.750 bits per heavy atom. The average Bonchev–Trinajstić information content (AvgIpc) is 0. The van der Waals surface area contributed by atoms with Crippen LogP contribution in [0.2, 0.25) is 0 Å². The molecule has 4 heteroatoms. The summed E-state index contributed by atoms with van der Waals surface area (Å²) >= 11 is 0. The van der Waals surface area contributed by atoms with Crippen LogP contribution in [0.1, 0.15) is 0 Å². The first-order valence-corrected chi connectivity index (χ1v) is 0. The first kappa shape index (κ1) is 32.7. The quantitative estimate of drug-likeness (QED) is 0.369. The van der Waals surface area contributed by atoms with Crippen molar-refractivity contribution in [1.29, 1.82) is 0 Å². The van der Waals surface area contributed by atoms with Gasteiger partial charge in [-0.3, -0.25) is 0 Å². The second kappa shape index (κ2) is 18.3. The Morgan fingerprint density at radius 2 is 0.750 bits per heavy atom. The molecule has 0 aromatic carbocycles. The van der Waals surface area contributed by atoms with Crippen molar-refractivity contribution in [3.05, 3.63) is 0 Å². The first-order chi connectivity index (χ1) is 0. The van der Waals surface area contributed by atoms with Gasteiger partial charge >= 0.3 is 48.9 Å². The van der Waals surface area contributed by atoms with E-state index in [1.807, 2.05) is 0 Å². The summed E-state index contributed by atoms with van der Waals surface area (Å²) in [5, 5.41) is 0. The fourth-order valence-electron chi connectivity index (χ4n) is 0. The second-order valence-corrected chi connectivity index (χ2v) is 0. The summed E-state index contributed by atoms with van der Waals surface area (Å²) < 4.78 is 0. The van der Waals surface area contributed by atoms with E-state index < -0.39 is 0 Å². The van der Waals surface area contributed by atoms with Gasteiger partial charge in [-0.05, 0) is 11.0 Å². The van der Waals surface area contributed by atoms with Gasteiger partial charge in [-0.15, -0.1) is 0 Å². The molecular formula is H4BaCl2Si. The van der Waals surface area contributed by atoms with Crippen LogP contribution in [0.4, 0.5) is 0 Å². The van der Waals surface area contributed by atoms with Crippen LogP contribution >= 0.6 is 0 Å². The van der Waals surface area contributed by atoms with Crippen molar-refractivity contribution < 1.29 is 24.8 Å². The van der Waals surface area contributed by atoms with Gasteiger partial charge in [0, 0.05) is 0 Å². The normalized spacial score (nSPS) is 0. The van der Waals surface area contributed by atoms with Crippen molar-refractivity contribution >= 4 is 59.8 Å². The van der Waals surface area contributed by atoms with Crippen LogP contribution in [0, 0.1) is 0 Å². The summed E-state index contributed by atoms with van der Waals surface area (Å²) in [7, 11) is 0. The van der Waals surface area contributed by atoms with Gasteiger partial charge in [0.05, 0.1) is 0 Å². The Kier molecular flexibility index (Phi) is 149. The monoisotopic (exact) mass is 240 g/mol. The summed E-state index contributed by atoms with van der Waals surface area (Å²) in [5.74, 6) is 0. The van der Waals surface area contributed by atoms with E-state index >= 15 is 0 Å². The SMILES string of the molecule is [Ba+2].[Cl-].[Cl-].[SiH4]. The summed E-state index contributed by atoms with van der Waals surface area (Å²) in [6.45, 7) is 0. The summed E-state index contributed by atoms with van der Waals surface area (Å²) in [6.07, 6.45) is 0. The molecule has 0 aliphatic carbocycles. The molecule has 0 N–H and O–H groups in total. The molecule has 0 nitrogen and oxygen atoms in total. The molecule has 0 spiro atoms. The molecule has 0 saturated heterocycles. The molecular weight excluding hydrogens is 236 g/mol. The van der Waals surface area contributed by atoms with Gasteiger partial charge in [0.25, 0.3) is 0 Å². The third-order valence-electron chi connectivity index (χ3n) is 0. The molecule has 0 amide bonds. The number of hydrogen-bond donors (Lipinski definition) is 0. The van der Waals surface area contributed by atoms with Gasteiger partial charge < -0.3 is 24.8 Å². The van der Waals surface area contributed by atoms with Crippen LogP contribution in [-0.4, -0.2) is 59.8 Å². The molecule has 0 rings (SSSR count). The maximum Gasteiger partial charge on any atom is 2.00 e. The van der Waals surface area contributed by atoms with E-state index in [1.165, 1.54) is 0 Å². The molecule has 0 saturated carbocycles. The second-order valence-electron chi connectivity index (χ2n) is 0. The standard InChI is InChI=1S/Ba.2ClH.H4Si/h;2*1H;1H4/q+2;;;/p-2. The molecule has 0 aliphatic heterocycles. The average molecular weight is 240 g/mol. The van der Waals surface area contributed by atoms with E-state index in [9.17, 15) is 0 Å². The summed E-state index contributed by atoms with van der Waals surface area (Å²) in [5.41, 5.74) is 0. The van der Waals surface area contributed by atoms with Crippen molar-refractivity contribution in [2.45, 2.75) is 0 Å². The van der Waals surface area contributed by atoms with E-state index in [4.69, 9.17) is 0 Å². The van der Waals surface area contributed by atoms with Gasteiger partial charge in [-0.1, -0.05) is 0 Å². The maximum atomic E-state index is 0. The Labute approximate surface area is 83.0 Å². The molecule has 0 atom stereocenters. The van der Waals surface area contributed by atoms with Crippen LogP contribution in [0.3, 0.4) is 0 Å². The predicted molar refractivity (Wildman–Crippen MR) is 17.1 cm³/mol. The van der Waals surface area contributed by atoms with Gasteiger partial charge in [0.2, 0.25) is 0 Å². The van der Waals surface area contributed by atoms with Crippen LogP contribution < -0.4 is 24.8 Å². The smallest absolute Gasteiger partial charge is 1.00 e. The number of rotatable bonds is 0. The predicted octanol–water partition coefficient (Wildman–Crippen LogP) is -7.82. The molecule has 0 radical (unpaired) electrons. The van der Waals surface area contributed by atoms with Crippen LogP contribution in [0.5, 0.6) is 0 Å². The molecule has 0 bridgehead atoms. The van der Waals surface area contributed by atoms with Crippen molar-refractivity contribution in [3.63, 3.8) is 0 Å². The molecule has 0 aliphatic rings. The Balaban J connectivity index is 0. The molecule has 0 unspecified atom stereocenters. The van der Waals surface area contributed by atoms with E-state index in [0.717, 1.165) is 0 Å². The fourth-order valence-corrected chi connectivity index (χ4v) is 0. The van der Waals surface area contributed by atoms with Gasteiger partial charge in [0.1, 0.15) is 0 Å². The summed E-state index contributed by atoms with van der Waals surface area (Å²) in [6, 6.07) is 0.